The molecule has 2 heterocycles. The quantitative estimate of drug-likeness (QED) is 0.816. The second-order valence-electron chi connectivity index (χ2n) is 2.63. The minimum Gasteiger partial charge on any atom is -0.467 e. The van der Waals surface area contributed by atoms with Gasteiger partial charge in [0.1, 0.15) is 11.3 Å². The summed E-state index contributed by atoms with van der Waals surface area (Å²) in [7, 11) is 0. The average molecular weight is 195 g/mol. The smallest absolute Gasteiger partial charge is 0.205 e. The van der Waals surface area contributed by atoms with E-state index in [1.807, 2.05) is 19.1 Å². The van der Waals surface area contributed by atoms with Gasteiger partial charge >= 0.3 is 0 Å². The third-order valence-electron chi connectivity index (χ3n) is 1.67. The molecule has 0 saturated carbocycles. The van der Waals surface area contributed by atoms with Gasteiger partial charge in [0.2, 0.25) is 5.13 Å². The SMILES string of the molecule is CC(Nc1nncs1)c1ccco1. The van der Waals surface area contributed by atoms with Crippen molar-refractivity contribution >= 4 is 16.5 Å². The molecule has 5 heteroatoms. The molecule has 68 valence electrons. The van der Waals surface area contributed by atoms with E-state index in [0.717, 1.165) is 10.9 Å². The van der Waals surface area contributed by atoms with Crippen molar-refractivity contribution in [2.24, 2.45) is 0 Å². The number of nitrogens with zero attached hydrogens (tertiary/aromatic N) is 2. The number of furan rings is 1. The highest BCUT2D eigenvalue weighted by Gasteiger charge is 2.08. The van der Waals surface area contributed by atoms with Crippen molar-refractivity contribution in [3.63, 3.8) is 0 Å². The summed E-state index contributed by atoms with van der Waals surface area (Å²) in [6, 6.07) is 3.93. The Bertz CT molecular complexity index is 343. The Morgan fingerprint density at radius 2 is 2.54 bits per heavy atom. The summed E-state index contributed by atoms with van der Waals surface area (Å²) in [4.78, 5) is 0. The van der Waals surface area contributed by atoms with E-state index in [0.29, 0.717) is 0 Å². The summed E-state index contributed by atoms with van der Waals surface area (Å²) in [5, 5.41) is 11.6. The van der Waals surface area contributed by atoms with Crippen molar-refractivity contribution in [2.75, 3.05) is 5.32 Å². The van der Waals surface area contributed by atoms with Gasteiger partial charge in [-0.2, -0.15) is 0 Å². The summed E-state index contributed by atoms with van der Waals surface area (Å²) in [6.07, 6.45) is 1.66. The molecule has 0 aliphatic carbocycles. The molecule has 0 amide bonds. The van der Waals surface area contributed by atoms with E-state index in [1.54, 1.807) is 11.8 Å². The Hall–Kier alpha value is -1.36. The van der Waals surface area contributed by atoms with E-state index in [-0.39, 0.29) is 6.04 Å². The topological polar surface area (TPSA) is 51.0 Å². The second-order valence-corrected chi connectivity index (χ2v) is 3.46. The Labute approximate surface area is 79.6 Å². The lowest BCUT2D eigenvalue weighted by molar-refractivity contribution is 0.490. The van der Waals surface area contributed by atoms with Crippen molar-refractivity contribution in [1.29, 1.82) is 0 Å². The maximum absolute atomic E-state index is 5.24. The van der Waals surface area contributed by atoms with Crippen LogP contribution in [-0.4, -0.2) is 10.2 Å². The number of hydrogen-bond acceptors (Lipinski definition) is 5. The van der Waals surface area contributed by atoms with E-state index in [1.165, 1.54) is 11.3 Å². The van der Waals surface area contributed by atoms with Crippen LogP contribution in [0.4, 0.5) is 5.13 Å². The average Bonchev–Trinajstić information content (AvgIpc) is 2.74. The first-order valence-corrected chi connectivity index (χ1v) is 4.80. The Morgan fingerprint density at radius 3 is 3.15 bits per heavy atom. The minimum absolute atomic E-state index is 0.128. The van der Waals surface area contributed by atoms with Crippen LogP contribution in [-0.2, 0) is 0 Å². The number of rotatable bonds is 3. The van der Waals surface area contributed by atoms with E-state index < -0.39 is 0 Å². The molecule has 1 unspecified atom stereocenters. The normalized spacial score (nSPS) is 12.7. The van der Waals surface area contributed by atoms with Crippen molar-refractivity contribution in [2.45, 2.75) is 13.0 Å². The first-order valence-electron chi connectivity index (χ1n) is 3.92. The summed E-state index contributed by atoms with van der Waals surface area (Å²) < 4.78 is 5.24. The standard InChI is InChI=1S/C8H9N3OS/c1-6(7-3-2-4-12-7)10-8-11-9-5-13-8/h2-6H,1H3,(H,10,11). The number of anilines is 1. The first-order chi connectivity index (χ1) is 6.36. The molecule has 2 aromatic heterocycles. The van der Waals surface area contributed by atoms with Crippen molar-refractivity contribution in [3.05, 3.63) is 29.7 Å². The van der Waals surface area contributed by atoms with Crippen LogP contribution in [0.15, 0.2) is 28.3 Å². The summed E-state index contributed by atoms with van der Waals surface area (Å²) in [5.41, 5.74) is 1.69. The predicted octanol–water partition coefficient (Wildman–Crippen LogP) is 2.30. The fraction of sp³-hybridized carbons (Fsp3) is 0.250. The molecule has 0 radical (unpaired) electrons. The van der Waals surface area contributed by atoms with E-state index in [2.05, 4.69) is 15.5 Å². The molecule has 1 atom stereocenters. The molecule has 1 N–H and O–H groups in total. The third kappa shape index (κ3) is 1.86. The summed E-state index contributed by atoms with van der Waals surface area (Å²) >= 11 is 1.47. The highest BCUT2D eigenvalue weighted by Crippen LogP contribution is 2.19. The Morgan fingerprint density at radius 1 is 1.62 bits per heavy atom. The van der Waals surface area contributed by atoms with E-state index in [9.17, 15) is 0 Å². The van der Waals surface area contributed by atoms with Gasteiger partial charge in [0.15, 0.2) is 0 Å². The van der Waals surface area contributed by atoms with Gasteiger partial charge in [-0.15, -0.1) is 10.2 Å². The van der Waals surface area contributed by atoms with Crippen LogP contribution in [0.3, 0.4) is 0 Å². The molecule has 0 aliphatic rings. The molecule has 13 heavy (non-hydrogen) atoms. The summed E-state index contributed by atoms with van der Waals surface area (Å²) in [6.45, 7) is 2.01. The number of nitrogens with one attached hydrogen (secondary N) is 1. The first kappa shape index (κ1) is 8.25. The molecule has 2 aromatic rings. The van der Waals surface area contributed by atoms with Gasteiger partial charge in [-0.25, -0.2) is 0 Å². The van der Waals surface area contributed by atoms with Gasteiger partial charge in [-0.05, 0) is 19.1 Å². The third-order valence-corrected chi connectivity index (χ3v) is 2.29. The lowest BCUT2D eigenvalue weighted by Crippen LogP contribution is -2.04. The molecule has 0 fully saturated rings. The van der Waals surface area contributed by atoms with Crippen LogP contribution in [0.25, 0.3) is 0 Å². The van der Waals surface area contributed by atoms with Crippen molar-refractivity contribution in [3.8, 4) is 0 Å². The van der Waals surface area contributed by atoms with Crippen molar-refractivity contribution < 1.29 is 4.42 Å². The molecule has 0 spiro atoms. The molecule has 0 aromatic carbocycles. The Balaban J connectivity index is 2.04. The largest absolute Gasteiger partial charge is 0.467 e. The van der Waals surface area contributed by atoms with E-state index in [4.69, 9.17) is 4.42 Å². The fourth-order valence-electron chi connectivity index (χ4n) is 1.03. The molecule has 2 rings (SSSR count). The maximum Gasteiger partial charge on any atom is 0.205 e. The molecular weight excluding hydrogens is 186 g/mol. The zero-order valence-electron chi connectivity index (χ0n) is 7.10. The molecule has 0 saturated heterocycles. The zero-order chi connectivity index (χ0) is 9.10. The highest BCUT2D eigenvalue weighted by atomic mass is 32.1. The Kier molecular flexibility index (Phi) is 2.27. The zero-order valence-corrected chi connectivity index (χ0v) is 7.91. The maximum atomic E-state index is 5.24. The van der Waals surface area contributed by atoms with Crippen LogP contribution in [0.1, 0.15) is 18.7 Å². The highest BCUT2D eigenvalue weighted by molar-refractivity contribution is 7.13. The van der Waals surface area contributed by atoms with Crippen LogP contribution >= 0.6 is 11.3 Å². The fourth-order valence-corrected chi connectivity index (χ4v) is 1.56. The lowest BCUT2D eigenvalue weighted by atomic mass is 10.3. The van der Waals surface area contributed by atoms with Gasteiger partial charge in [0.25, 0.3) is 0 Å². The molecule has 4 nitrogen and oxygen atoms in total. The van der Waals surface area contributed by atoms with Gasteiger partial charge in [-0.1, -0.05) is 11.3 Å². The van der Waals surface area contributed by atoms with Crippen LogP contribution in [0, 0.1) is 0 Å². The van der Waals surface area contributed by atoms with Crippen LogP contribution in [0.2, 0.25) is 0 Å². The van der Waals surface area contributed by atoms with Crippen molar-refractivity contribution in [1.82, 2.24) is 10.2 Å². The monoisotopic (exact) mass is 195 g/mol. The molecular formula is C8H9N3OS. The van der Waals surface area contributed by atoms with E-state index >= 15 is 0 Å². The van der Waals surface area contributed by atoms with Gasteiger partial charge in [0, 0.05) is 0 Å². The van der Waals surface area contributed by atoms with Gasteiger partial charge in [0.05, 0.1) is 12.3 Å². The minimum atomic E-state index is 0.128. The number of hydrogen-bond donors (Lipinski definition) is 1. The summed E-state index contributed by atoms with van der Waals surface area (Å²) in [5.74, 6) is 0.898. The lowest BCUT2D eigenvalue weighted by Gasteiger charge is -2.08. The molecule has 0 bridgehead atoms. The van der Waals surface area contributed by atoms with Crippen LogP contribution < -0.4 is 5.32 Å². The van der Waals surface area contributed by atoms with Crippen LogP contribution in [0.5, 0.6) is 0 Å². The second kappa shape index (κ2) is 3.57. The van der Waals surface area contributed by atoms with Gasteiger partial charge < -0.3 is 9.73 Å². The number of aromatic nitrogens is 2. The molecule has 0 aliphatic heterocycles. The predicted molar refractivity (Wildman–Crippen MR) is 50.7 cm³/mol. The van der Waals surface area contributed by atoms with Gasteiger partial charge in [-0.3, -0.25) is 0 Å².